The molecule has 1 amide bonds. The minimum atomic E-state index is -0.298. The van der Waals surface area contributed by atoms with Crippen LogP contribution in [-0.2, 0) is 17.9 Å². The summed E-state index contributed by atoms with van der Waals surface area (Å²) in [5.74, 6) is 2.02. The van der Waals surface area contributed by atoms with Crippen molar-refractivity contribution in [2.45, 2.75) is 52.6 Å². The summed E-state index contributed by atoms with van der Waals surface area (Å²) >= 11 is 0. The smallest absolute Gasteiger partial charge is 0.228 e. The van der Waals surface area contributed by atoms with Gasteiger partial charge in [-0.25, -0.2) is 4.98 Å². The molecule has 0 aromatic carbocycles. The Morgan fingerprint density at radius 2 is 2.06 bits per heavy atom. The molecule has 0 saturated heterocycles. The molecule has 4 heteroatoms. The van der Waals surface area contributed by atoms with Crippen molar-refractivity contribution in [3.8, 4) is 0 Å². The predicted octanol–water partition coefficient (Wildman–Crippen LogP) is 2.15. The summed E-state index contributed by atoms with van der Waals surface area (Å²) < 4.78 is 2.32. The van der Waals surface area contributed by atoms with E-state index in [0.717, 1.165) is 24.8 Å². The topological polar surface area (TPSA) is 38.1 Å². The molecule has 1 aromatic heterocycles. The lowest BCUT2D eigenvalue weighted by atomic mass is 9.94. The molecule has 18 heavy (non-hydrogen) atoms. The highest BCUT2D eigenvalue weighted by Crippen LogP contribution is 2.40. The molecule has 4 nitrogen and oxygen atoms in total. The fourth-order valence-electron chi connectivity index (χ4n) is 2.64. The van der Waals surface area contributed by atoms with Crippen LogP contribution in [0, 0.1) is 5.41 Å². The summed E-state index contributed by atoms with van der Waals surface area (Å²) in [5, 5.41) is 0. The first-order valence-electron chi connectivity index (χ1n) is 6.80. The molecule has 0 spiro atoms. The van der Waals surface area contributed by atoms with Gasteiger partial charge >= 0.3 is 0 Å². The number of hydrogen-bond acceptors (Lipinski definition) is 2. The standard InChI is InChI=1S/C14H21N3O/c1-14(2,3)13(18)16-6-7-17-11(10-4-5-10)8-15-12(17)9-16/h8,10H,4-7,9H2,1-3H3. The van der Waals surface area contributed by atoms with E-state index in [9.17, 15) is 4.79 Å². The molecule has 1 aliphatic carbocycles. The second kappa shape index (κ2) is 3.84. The minimum absolute atomic E-state index is 0.227. The van der Waals surface area contributed by atoms with Crippen molar-refractivity contribution in [1.29, 1.82) is 0 Å². The zero-order valence-electron chi connectivity index (χ0n) is 11.4. The maximum absolute atomic E-state index is 12.3. The second-order valence-electron chi connectivity index (χ2n) is 6.50. The van der Waals surface area contributed by atoms with Gasteiger partial charge in [0.15, 0.2) is 0 Å². The van der Waals surface area contributed by atoms with Gasteiger partial charge in [-0.2, -0.15) is 0 Å². The molecule has 98 valence electrons. The van der Waals surface area contributed by atoms with Crippen LogP contribution in [-0.4, -0.2) is 26.9 Å². The number of aromatic nitrogens is 2. The third-order valence-electron chi connectivity index (χ3n) is 3.82. The Bertz CT molecular complexity index is 480. The summed E-state index contributed by atoms with van der Waals surface area (Å²) in [6.45, 7) is 8.33. The van der Waals surface area contributed by atoms with E-state index in [0.29, 0.717) is 6.54 Å². The van der Waals surface area contributed by atoms with Crippen molar-refractivity contribution >= 4 is 5.91 Å². The molecule has 0 atom stereocenters. The van der Waals surface area contributed by atoms with Crippen LogP contribution in [0.5, 0.6) is 0 Å². The van der Waals surface area contributed by atoms with Gasteiger partial charge in [-0.3, -0.25) is 4.79 Å². The van der Waals surface area contributed by atoms with Crippen molar-refractivity contribution < 1.29 is 4.79 Å². The first-order chi connectivity index (χ1) is 8.47. The average molecular weight is 247 g/mol. The highest BCUT2D eigenvalue weighted by molar-refractivity contribution is 5.81. The third-order valence-corrected chi connectivity index (χ3v) is 3.82. The lowest BCUT2D eigenvalue weighted by molar-refractivity contribution is -0.141. The average Bonchev–Trinajstić information content (AvgIpc) is 3.06. The van der Waals surface area contributed by atoms with Crippen LogP contribution in [0.2, 0.25) is 0 Å². The molecule has 2 heterocycles. The van der Waals surface area contributed by atoms with Crippen LogP contribution in [0.15, 0.2) is 6.20 Å². The van der Waals surface area contributed by atoms with Gasteiger partial charge in [0.25, 0.3) is 0 Å². The second-order valence-corrected chi connectivity index (χ2v) is 6.50. The molecule has 0 unspecified atom stereocenters. The van der Waals surface area contributed by atoms with E-state index < -0.39 is 0 Å². The van der Waals surface area contributed by atoms with Crippen LogP contribution < -0.4 is 0 Å². The van der Waals surface area contributed by atoms with Crippen molar-refractivity contribution in [3.63, 3.8) is 0 Å². The Morgan fingerprint density at radius 1 is 1.33 bits per heavy atom. The van der Waals surface area contributed by atoms with Crippen molar-refractivity contribution in [1.82, 2.24) is 14.5 Å². The molecule has 1 aliphatic heterocycles. The molecular weight excluding hydrogens is 226 g/mol. The van der Waals surface area contributed by atoms with E-state index in [1.807, 2.05) is 31.9 Å². The summed E-state index contributed by atoms with van der Waals surface area (Å²) in [6.07, 6.45) is 4.61. The van der Waals surface area contributed by atoms with E-state index >= 15 is 0 Å². The number of fused-ring (bicyclic) bond motifs is 1. The largest absolute Gasteiger partial charge is 0.333 e. The van der Waals surface area contributed by atoms with Crippen LogP contribution in [0.3, 0.4) is 0 Å². The molecule has 2 aliphatic rings. The molecule has 0 bridgehead atoms. The lowest BCUT2D eigenvalue weighted by Gasteiger charge is -2.33. The number of nitrogens with zero attached hydrogens (tertiary/aromatic N) is 3. The maximum atomic E-state index is 12.3. The fourth-order valence-corrected chi connectivity index (χ4v) is 2.64. The Hall–Kier alpha value is -1.32. The third kappa shape index (κ3) is 1.93. The Balaban J connectivity index is 1.79. The number of carbonyl (C=O) groups is 1. The van der Waals surface area contributed by atoms with Gasteiger partial charge < -0.3 is 9.47 Å². The van der Waals surface area contributed by atoms with E-state index in [4.69, 9.17) is 0 Å². The zero-order chi connectivity index (χ0) is 12.9. The van der Waals surface area contributed by atoms with Gasteiger partial charge in [0.2, 0.25) is 5.91 Å². The Labute approximate surface area is 108 Å². The molecule has 1 aromatic rings. The van der Waals surface area contributed by atoms with E-state index in [1.165, 1.54) is 18.5 Å². The van der Waals surface area contributed by atoms with Crippen LogP contribution >= 0.6 is 0 Å². The van der Waals surface area contributed by atoms with Gasteiger partial charge in [0, 0.05) is 36.3 Å². The predicted molar refractivity (Wildman–Crippen MR) is 69.1 cm³/mol. The summed E-state index contributed by atoms with van der Waals surface area (Å²) in [6, 6.07) is 0. The summed E-state index contributed by atoms with van der Waals surface area (Å²) in [5.41, 5.74) is 1.08. The Kier molecular flexibility index (Phi) is 2.50. The van der Waals surface area contributed by atoms with Crippen LogP contribution in [0.1, 0.15) is 51.0 Å². The van der Waals surface area contributed by atoms with Gasteiger partial charge in [0.05, 0.1) is 6.54 Å². The highest BCUT2D eigenvalue weighted by atomic mass is 16.2. The van der Waals surface area contributed by atoms with E-state index in [2.05, 4.69) is 9.55 Å². The number of amides is 1. The number of hydrogen-bond donors (Lipinski definition) is 0. The first-order valence-corrected chi connectivity index (χ1v) is 6.80. The van der Waals surface area contributed by atoms with Crippen molar-refractivity contribution in [2.75, 3.05) is 6.54 Å². The summed E-state index contributed by atoms with van der Waals surface area (Å²) in [4.78, 5) is 18.7. The van der Waals surface area contributed by atoms with Gasteiger partial charge in [-0.1, -0.05) is 20.8 Å². The minimum Gasteiger partial charge on any atom is -0.333 e. The maximum Gasteiger partial charge on any atom is 0.228 e. The SMILES string of the molecule is CC(C)(C)C(=O)N1CCn2c(C3CC3)cnc2C1. The van der Waals surface area contributed by atoms with Crippen molar-refractivity contribution in [2.24, 2.45) is 5.41 Å². The quantitative estimate of drug-likeness (QED) is 0.762. The van der Waals surface area contributed by atoms with Crippen LogP contribution in [0.25, 0.3) is 0 Å². The van der Waals surface area contributed by atoms with Gasteiger partial charge in [-0.15, -0.1) is 0 Å². The first kappa shape index (κ1) is 11.8. The van der Waals surface area contributed by atoms with E-state index in [1.54, 1.807) is 0 Å². The lowest BCUT2D eigenvalue weighted by Crippen LogP contribution is -2.44. The van der Waals surface area contributed by atoms with Crippen molar-refractivity contribution in [3.05, 3.63) is 17.7 Å². The normalized spacial score (nSPS) is 19.8. The Morgan fingerprint density at radius 3 is 2.67 bits per heavy atom. The highest BCUT2D eigenvalue weighted by Gasteiger charge is 2.33. The molecular formula is C14H21N3O. The molecule has 0 radical (unpaired) electrons. The fraction of sp³-hybridized carbons (Fsp3) is 0.714. The number of imidazole rings is 1. The van der Waals surface area contributed by atoms with Gasteiger partial charge in [0.1, 0.15) is 5.82 Å². The van der Waals surface area contributed by atoms with Gasteiger partial charge in [-0.05, 0) is 12.8 Å². The zero-order valence-corrected chi connectivity index (χ0v) is 11.4. The molecule has 0 N–H and O–H groups in total. The van der Waals surface area contributed by atoms with Crippen LogP contribution in [0.4, 0.5) is 0 Å². The number of carbonyl (C=O) groups excluding carboxylic acids is 1. The molecule has 3 rings (SSSR count). The molecule has 1 saturated carbocycles. The van der Waals surface area contributed by atoms with E-state index in [-0.39, 0.29) is 11.3 Å². The number of rotatable bonds is 1. The molecule has 1 fully saturated rings. The summed E-state index contributed by atoms with van der Waals surface area (Å²) in [7, 11) is 0. The monoisotopic (exact) mass is 247 g/mol.